The van der Waals surface area contributed by atoms with Crippen molar-refractivity contribution in [2.24, 2.45) is 5.92 Å². The van der Waals surface area contributed by atoms with E-state index in [4.69, 9.17) is 0 Å². The first-order valence-electron chi connectivity index (χ1n) is 9.14. The standard InChI is InChI=1S/C21H29NO2/c1-17(2)22(15-13-20(23)18-9-5-3-6-10-18)16-14-21(24)19-11-7-4-8-12-19/h3,5-6,9-10,14,16-17,19H,4,7-8,11-13,15H2,1-2H3/b16-14+. The third-order valence-electron chi connectivity index (χ3n) is 4.79. The molecule has 0 bridgehead atoms. The molecule has 1 aromatic rings. The van der Waals surface area contributed by atoms with Crippen LogP contribution in [0.25, 0.3) is 0 Å². The summed E-state index contributed by atoms with van der Waals surface area (Å²) in [5, 5.41) is 0. The molecule has 0 radical (unpaired) electrons. The molecule has 0 N–H and O–H groups in total. The van der Waals surface area contributed by atoms with Crippen LogP contribution in [0.2, 0.25) is 0 Å². The molecule has 1 aromatic carbocycles. The molecule has 0 heterocycles. The highest BCUT2D eigenvalue weighted by Crippen LogP contribution is 2.24. The van der Waals surface area contributed by atoms with Crippen LogP contribution in [0.15, 0.2) is 42.6 Å². The van der Waals surface area contributed by atoms with Gasteiger partial charge in [0.2, 0.25) is 0 Å². The fourth-order valence-corrected chi connectivity index (χ4v) is 3.20. The van der Waals surface area contributed by atoms with Crippen molar-refractivity contribution in [2.75, 3.05) is 6.54 Å². The minimum absolute atomic E-state index is 0.147. The highest BCUT2D eigenvalue weighted by molar-refractivity contribution is 5.96. The van der Waals surface area contributed by atoms with Gasteiger partial charge in [0.1, 0.15) is 0 Å². The lowest BCUT2D eigenvalue weighted by atomic mass is 9.86. The van der Waals surface area contributed by atoms with E-state index in [1.54, 1.807) is 6.08 Å². The predicted octanol–water partition coefficient (Wildman–Crippen LogP) is 4.63. The number of ketones is 2. The van der Waals surface area contributed by atoms with Gasteiger partial charge in [-0.1, -0.05) is 49.6 Å². The molecular weight excluding hydrogens is 298 g/mol. The van der Waals surface area contributed by atoms with Crippen LogP contribution >= 0.6 is 0 Å². The van der Waals surface area contributed by atoms with Crippen molar-refractivity contribution in [1.82, 2.24) is 4.90 Å². The average Bonchev–Trinajstić information content (AvgIpc) is 2.62. The summed E-state index contributed by atoms with van der Waals surface area (Å²) in [5.74, 6) is 0.595. The number of carbonyl (C=O) groups is 2. The van der Waals surface area contributed by atoms with Crippen LogP contribution in [0.5, 0.6) is 0 Å². The van der Waals surface area contributed by atoms with Gasteiger partial charge >= 0.3 is 0 Å². The van der Waals surface area contributed by atoms with Crippen LogP contribution in [0.4, 0.5) is 0 Å². The van der Waals surface area contributed by atoms with E-state index in [2.05, 4.69) is 18.7 Å². The first kappa shape index (κ1) is 18.4. The van der Waals surface area contributed by atoms with Gasteiger partial charge in [0.15, 0.2) is 11.6 Å². The Balaban J connectivity index is 1.88. The Kier molecular flexibility index (Phi) is 7.23. The van der Waals surface area contributed by atoms with Crippen LogP contribution < -0.4 is 0 Å². The fraction of sp³-hybridized carbons (Fsp3) is 0.524. The quantitative estimate of drug-likeness (QED) is 0.516. The molecule has 1 aliphatic carbocycles. The van der Waals surface area contributed by atoms with E-state index in [0.717, 1.165) is 18.4 Å². The number of carbonyl (C=O) groups excluding carboxylic acids is 2. The van der Waals surface area contributed by atoms with E-state index in [9.17, 15) is 9.59 Å². The molecule has 3 heteroatoms. The number of benzene rings is 1. The number of nitrogens with zero attached hydrogens (tertiary/aromatic N) is 1. The first-order chi connectivity index (χ1) is 11.6. The van der Waals surface area contributed by atoms with Crippen molar-refractivity contribution < 1.29 is 9.59 Å². The van der Waals surface area contributed by atoms with Crippen LogP contribution in [-0.2, 0) is 4.79 Å². The number of Topliss-reactive ketones (excluding diaryl/α,β-unsaturated/α-hetero) is 1. The van der Waals surface area contributed by atoms with Gasteiger partial charge in [-0.15, -0.1) is 0 Å². The van der Waals surface area contributed by atoms with Crippen LogP contribution in [-0.4, -0.2) is 29.1 Å². The smallest absolute Gasteiger partial charge is 0.164 e. The third-order valence-corrected chi connectivity index (χ3v) is 4.79. The summed E-state index contributed by atoms with van der Waals surface area (Å²) in [7, 11) is 0. The van der Waals surface area contributed by atoms with Crippen molar-refractivity contribution >= 4 is 11.6 Å². The Bertz CT molecular complexity index is 556. The molecule has 130 valence electrons. The number of rotatable bonds is 8. The fourth-order valence-electron chi connectivity index (χ4n) is 3.20. The van der Waals surface area contributed by atoms with Gasteiger partial charge < -0.3 is 4.90 Å². The van der Waals surface area contributed by atoms with Gasteiger partial charge in [0, 0.05) is 36.7 Å². The molecule has 2 rings (SSSR count). The Morgan fingerprint density at radius 1 is 1.12 bits per heavy atom. The molecule has 0 aromatic heterocycles. The Hall–Kier alpha value is -1.90. The zero-order chi connectivity index (χ0) is 17.4. The average molecular weight is 327 g/mol. The highest BCUT2D eigenvalue weighted by Gasteiger charge is 2.19. The third kappa shape index (κ3) is 5.63. The predicted molar refractivity (Wildman–Crippen MR) is 98.0 cm³/mol. The van der Waals surface area contributed by atoms with Crippen molar-refractivity contribution in [2.45, 2.75) is 58.4 Å². The van der Waals surface area contributed by atoms with E-state index in [0.29, 0.717) is 13.0 Å². The molecule has 1 saturated carbocycles. The maximum absolute atomic E-state index is 12.3. The molecule has 1 aliphatic rings. The van der Waals surface area contributed by atoms with Gasteiger partial charge in [-0.2, -0.15) is 0 Å². The lowest BCUT2D eigenvalue weighted by molar-refractivity contribution is -0.119. The largest absolute Gasteiger partial charge is 0.374 e. The number of allylic oxidation sites excluding steroid dienone is 1. The molecule has 0 aliphatic heterocycles. The molecule has 24 heavy (non-hydrogen) atoms. The Morgan fingerprint density at radius 2 is 1.79 bits per heavy atom. The summed E-state index contributed by atoms with van der Waals surface area (Å²) in [6, 6.07) is 9.65. The second-order valence-corrected chi connectivity index (χ2v) is 6.92. The van der Waals surface area contributed by atoms with E-state index >= 15 is 0 Å². The van der Waals surface area contributed by atoms with Crippen molar-refractivity contribution in [1.29, 1.82) is 0 Å². The molecule has 0 atom stereocenters. The van der Waals surface area contributed by atoms with E-state index in [1.165, 1.54) is 19.3 Å². The summed E-state index contributed by atoms with van der Waals surface area (Å²) in [4.78, 5) is 26.6. The van der Waals surface area contributed by atoms with Gasteiger partial charge in [-0.25, -0.2) is 0 Å². The van der Waals surface area contributed by atoms with Crippen LogP contribution in [0.1, 0.15) is 62.7 Å². The molecule has 0 spiro atoms. The summed E-state index contributed by atoms with van der Waals surface area (Å²) < 4.78 is 0. The van der Waals surface area contributed by atoms with Crippen LogP contribution in [0.3, 0.4) is 0 Å². The lowest BCUT2D eigenvalue weighted by Gasteiger charge is -2.25. The van der Waals surface area contributed by atoms with Gasteiger partial charge in [-0.3, -0.25) is 9.59 Å². The summed E-state index contributed by atoms with van der Waals surface area (Å²) in [6.45, 7) is 4.81. The van der Waals surface area contributed by atoms with E-state index < -0.39 is 0 Å². The summed E-state index contributed by atoms with van der Waals surface area (Å²) in [5.41, 5.74) is 0.753. The van der Waals surface area contributed by atoms with Crippen LogP contribution in [0, 0.1) is 5.92 Å². The van der Waals surface area contributed by atoms with Crippen molar-refractivity contribution in [3.8, 4) is 0 Å². The zero-order valence-electron chi connectivity index (χ0n) is 14.9. The van der Waals surface area contributed by atoms with Crippen molar-refractivity contribution in [3.63, 3.8) is 0 Å². The first-order valence-corrected chi connectivity index (χ1v) is 9.14. The number of hydrogen-bond donors (Lipinski definition) is 0. The molecule has 0 amide bonds. The van der Waals surface area contributed by atoms with Gasteiger partial charge in [0.05, 0.1) is 0 Å². The summed E-state index contributed by atoms with van der Waals surface area (Å²) in [6.07, 6.45) is 9.72. The number of hydrogen-bond acceptors (Lipinski definition) is 3. The second-order valence-electron chi connectivity index (χ2n) is 6.92. The molecule has 3 nitrogen and oxygen atoms in total. The van der Waals surface area contributed by atoms with E-state index in [-0.39, 0.29) is 23.5 Å². The van der Waals surface area contributed by atoms with Gasteiger partial charge in [0.25, 0.3) is 0 Å². The SMILES string of the molecule is CC(C)N(/C=C/C(=O)C1CCCCC1)CCC(=O)c1ccccc1. The molecule has 0 unspecified atom stereocenters. The normalized spacial score (nSPS) is 15.8. The maximum Gasteiger partial charge on any atom is 0.164 e. The summed E-state index contributed by atoms with van der Waals surface area (Å²) >= 11 is 0. The van der Waals surface area contributed by atoms with Crippen molar-refractivity contribution in [3.05, 3.63) is 48.2 Å². The minimum atomic E-state index is 0.147. The maximum atomic E-state index is 12.3. The monoisotopic (exact) mass is 327 g/mol. The Labute approximate surface area is 145 Å². The zero-order valence-corrected chi connectivity index (χ0v) is 14.9. The lowest BCUT2D eigenvalue weighted by Crippen LogP contribution is -2.28. The topological polar surface area (TPSA) is 37.4 Å². The molecule has 1 fully saturated rings. The van der Waals surface area contributed by atoms with Gasteiger partial charge in [-0.05, 0) is 32.8 Å². The Morgan fingerprint density at radius 3 is 2.42 bits per heavy atom. The second kappa shape index (κ2) is 9.41. The highest BCUT2D eigenvalue weighted by atomic mass is 16.1. The van der Waals surface area contributed by atoms with E-state index in [1.807, 2.05) is 36.5 Å². The molecular formula is C21H29NO2. The molecule has 0 saturated heterocycles. The minimum Gasteiger partial charge on any atom is -0.374 e.